The molecule has 2 aromatic rings. The molecule has 1 atom stereocenters. The van der Waals surface area contributed by atoms with Crippen LogP contribution in [0.5, 0.6) is 5.75 Å². The van der Waals surface area contributed by atoms with E-state index in [1.807, 2.05) is 18.2 Å². The number of ether oxygens (including phenoxy) is 1. The third kappa shape index (κ3) is 5.82. The number of rotatable bonds is 7. The second-order valence-corrected chi connectivity index (χ2v) is 8.33. The number of hydrogen-bond acceptors (Lipinski definition) is 7. The number of carbonyl (C=O) groups excluding carboxylic acids is 3. The van der Waals surface area contributed by atoms with E-state index in [1.54, 1.807) is 37.6 Å². The number of amides is 3. The zero-order valence-electron chi connectivity index (χ0n) is 19.3. The predicted molar refractivity (Wildman–Crippen MR) is 128 cm³/mol. The van der Waals surface area contributed by atoms with Crippen molar-refractivity contribution in [3.63, 3.8) is 0 Å². The Morgan fingerprint density at radius 1 is 1.09 bits per heavy atom. The van der Waals surface area contributed by atoms with E-state index >= 15 is 0 Å². The molecule has 3 heterocycles. The third-order valence-electron chi connectivity index (χ3n) is 6.11. The van der Waals surface area contributed by atoms with Crippen molar-refractivity contribution in [2.45, 2.75) is 12.5 Å². The fourth-order valence-electron chi connectivity index (χ4n) is 4.24. The molecule has 10 heteroatoms. The zero-order chi connectivity index (χ0) is 23.9. The van der Waals surface area contributed by atoms with Gasteiger partial charge in [0.25, 0.3) is 0 Å². The number of nitrogens with zero attached hydrogens (tertiary/aromatic N) is 4. The van der Waals surface area contributed by atoms with Gasteiger partial charge in [-0.2, -0.15) is 0 Å². The Labute approximate surface area is 198 Å². The molecule has 2 fully saturated rings. The molecule has 1 aromatic carbocycles. The van der Waals surface area contributed by atoms with Crippen molar-refractivity contribution < 1.29 is 19.1 Å². The van der Waals surface area contributed by atoms with Gasteiger partial charge in [-0.3, -0.25) is 19.3 Å². The van der Waals surface area contributed by atoms with Crippen LogP contribution in [-0.2, 0) is 14.4 Å². The number of benzene rings is 1. The van der Waals surface area contributed by atoms with Crippen LogP contribution in [0.3, 0.4) is 0 Å². The maximum Gasteiger partial charge on any atom is 0.243 e. The lowest BCUT2D eigenvalue weighted by atomic mass is 10.1. The van der Waals surface area contributed by atoms with Gasteiger partial charge in [0.1, 0.15) is 17.6 Å². The van der Waals surface area contributed by atoms with Gasteiger partial charge < -0.3 is 25.2 Å². The molecule has 0 radical (unpaired) electrons. The molecule has 0 saturated carbocycles. The fraction of sp³-hybridized carbons (Fsp3) is 0.417. The van der Waals surface area contributed by atoms with Crippen LogP contribution in [0.15, 0.2) is 48.7 Å². The number of carbonyl (C=O) groups is 3. The smallest absolute Gasteiger partial charge is 0.243 e. The Morgan fingerprint density at radius 3 is 2.53 bits per heavy atom. The lowest BCUT2D eigenvalue weighted by Crippen LogP contribution is -2.60. The first-order chi connectivity index (χ1) is 16.5. The molecule has 0 bridgehead atoms. The Bertz CT molecular complexity index is 992. The molecule has 4 rings (SSSR count). The first kappa shape index (κ1) is 23.5. The molecule has 2 N–H and O–H groups in total. The van der Waals surface area contributed by atoms with Crippen molar-refractivity contribution in [3.05, 3.63) is 48.7 Å². The SMILES string of the molecule is COc1ccc(NC(=O)CC2C(=O)NCCN2C(=O)CN2CCN(c3ccccn3)CC2)cc1. The van der Waals surface area contributed by atoms with Gasteiger partial charge in [-0.05, 0) is 36.4 Å². The quantitative estimate of drug-likeness (QED) is 0.614. The summed E-state index contributed by atoms with van der Waals surface area (Å²) in [7, 11) is 1.57. The molecule has 2 saturated heterocycles. The maximum absolute atomic E-state index is 13.1. The summed E-state index contributed by atoms with van der Waals surface area (Å²) < 4.78 is 5.12. The van der Waals surface area contributed by atoms with E-state index in [9.17, 15) is 14.4 Å². The predicted octanol–water partition coefficient (Wildman–Crippen LogP) is 0.568. The van der Waals surface area contributed by atoms with E-state index in [0.717, 1.165) is 32.0 Å². The standard InChI is InChI=1S/C24H30N6O4/c1-34-19-7-5-18(6-8-19)27-22(31)16-20-24(33)26-10-11-30(20)23(32)17-28-12-14-29(15-13-28)21-4-2-3-9-25-21/h2-9,20H,10-17H2,1H3,(H,26,33)(H,27,31). The highest BCUT2D eigenvalue weighted by molar-refractivity contribution is 5.97. The lowest BCUT2D eigenvalue weighted by molar-refractivity contribution is -0.145. The fourth-order valence-corrected chi connectivity index (χ4v) is 4.24. The van der Waals surface area contributed by atoms with Crippen molar-refractivity contribution >= 4 is 29.2 Å². The molecule has 1 unspecified atom stereocenters. The molecule has 2 aliphatic rings. The summed E-state index contributed by atoms with van der Waals surface area (Å²) in [5, 5.41) is 5.56. The average Bonchev–Trinajstić information content (AvgIpc) is 2.86. The number of anilines is 2. The van der Waals surface area contributed by atoms with Crippen LogP contribution >= 0.6 is 0 Å². The normalized spacial score (nSPS) is 18.9. The highest BCUT2D eigenvalue weighted by atomic mass is 16.5. The molecule has 0 spiro atoms. The van der Waals surface area contributed by atoms with Crippen LogP contribution < -0.4 is 20.3 Å². The van der Waals surface area contributed by atoms with E-state index in [2.05, 4.69) is 25.4 Å². The molecule has 2 aliphatic heterocycles. The first-order valence-corrected chi connectivity index (χ1v) is 11.4. The number of nitrogens with one attached hydrogen (secondary N) is 2. The van der Waals surface area contributed by atoms with Crippen LogP contribution in [-0.4, -0.2) is 91.5 Å². The Morgan fingerprint density at radius 2 is 1.85 bits per heavy atom. The molecule has 3 amide bonds. The summed E-state index contributed by atoms with van der Waals surface area (Å²) in [6.07, 6.45) is 1.68. The van der Waals surface area contributed by atoms with E-state index in [-0.39, 0.29) is 30.7 Å². The number of piperazine rings is 2. The molecule has 1 aromatic heterocycles. The third-order valence-corrected chi connectivity index (χ3v) is 6.11. The van der Waals surface area contributed by atoms with Gasteiger partial charge in [0, 0.05) is 51.2 Å². The van der Waals surface area contributed by atoms with Gasteiger partial charge in [0.05, 0.1) is 20.1 Å². The molecule has 0 aliphatic carbocycles. The highest BCUT2D eigenvalue weighted by Crippen LogP contribution is 2.17. The summed E-state index contributed by atoms with van der Waals surface area (Å²) in [5.74, 6) is 0.855. The number of aromatic nitrogens is 1. The summed E-state index contributed by atoms with van der Waals surface area (Å²) in [4.78, 5) is 48.5. The van der Waals surface area contributed by atoms with Crippen LogP contribution in [0, 0.1) is 0 Å². The highest BCUT2D eigenvalue weighted by Gasteiger charge is 2.35. The average molecular weight is 467 g/mol. The summed E-state index contributed by atoms with van der Waals surface area (Å²) in [5.41, 5.74) is 0.602. The van der Waals surface area contributed by atoms with E-state index < -0.39 is 6.04 Å². The van der Waals surface area contributed by atoms with Crippen molar-refractivity contribution in [2.24, 2.45) is 0 Å². The molecule has 10 nitrogen and oxygen atoms in total. The van der Waals surface area contributed by atoms with Crippen molar-refractivity contribution in [3.8, 4) is 5.75 Å². The van der Waals surface area contributed by atoms with Gasteiger partial charge in [-0.15, -0.1) is 0 Å². The Balaban J connectivity index is 1.31. The number of hydrogen-bond donors (Lipinski definition) is 2. The summed E-state index contributed by atoms with van der Waals surface area (Å²) in [6, 6.07) is 11.9. The minimum Gasteiger partial charge on any atom is -0.497 e. The van der Waals surface area contributed by atoms with E-state index in [1.165, 1.54) is 4.90 Å². The summed E-state index contributed by atoms with van der Waals surface area (Å²) >= 11 is 0. The lowest BCUT2D eigenvalue weighted by Gasteiger charge is -2.38. The number of methoxy groups -OCH3 is 1. The molecule has 34 heavy (non-hydrogen) atoms. The monoisotopic (exact) mass is 466 g/mol. The van der Waals surface area contributed by atoms with Crippen LogP contribution in [0.2, 0.25) is 0 Å². The van der Waals surface area contributed by atoms with E-state index in [0.29, 0.717) is 24.5 Å². The zero-order valence-corrected chi connectivity index (χ0v) is 19.3. The molecule has 180 valence electrons. The summed E-state index contributed by atoms with van der Waals surface area (Å²) in [6.45, 7) is 4.00. The molecular weight excluding hydrogens is 436 g/mol. The molecular formula is C24H30N6O4. The topological polar surface area (TPSA) is 107 Å². The minimum absolute atomic E-state index is 0.100. The van der Waals surface area contributed by atoms with E-state index in [4.69, 9.17) is 4.74 Å². The van der Waals surface area contributed by atoms with Gasteiger partial charge in [-0.25, -0.2) is 4.98 Å². The van der Waals surface area contributed by atoms with Gasteiger partial charge in [-0.1, -0.05) is 6.07 Å². The van der Waals surface area contributed by atoms with Crippen molar-refractivity contribution in [2.75, 3.05) is 63.1 Å². The van der Waals surface area contributed by atoms with Crippen molar-refractivity contribution in [1.82, 2.24) is 20.1 Å². The largest absolute Gasteiger partial charge is 0.497 e. The Hall–Kier alpha value is -3.66. The van der Waals surface area contributed by atoms with Gasteiger partial charge >= 0.3 is 0 Å². The van der Waals surface area contributed by atoms with Crippen LogP contribution in [0.25, 0.3) is 0 Å². The second-order valence-electron chi connectivity index (χ2n) is 8.33. The first-order valence-electron chi connectivity index (χ1n) is 11.4. The van der Waals surface area contributed by atoms with Crippen LogP contribution in [0.1, 0.15) is 6.42 Å². The number of pyridine rings is 1. The van der Waals surface area contributed by atoms with Crippen molar-refractivity contribution in [1.29, 1.82) is 0 Å². The van der Waals surface area contributed by atoms with Gasteiger partial charge in [0.15, 0.2) is 0 Å². The van der Waals surface area contributed by atoms with Crippen LogP contribution in [0.4, 0.5) is 11.5 Å². The minimum atomic E-state index is -0.825. The Kier molecular flexibility index (Phi) is 7.58. The second kappa shape index (κ2) is 11.0. The maximum atomic E-state index is 13.1. The van der Waals surface area contributed by atoms with Gasteiger partial charge in [0.2, 0.25) is 17.7 Å².